The molecule has 2 saturated heterocycles. The topological polar surface area (TPSA) is 68.5 Å². The standard InChI is InChI=1S/C29H28F7N3O3/c1-14(2)26-37-27(42-38-26)18-10-22-25(16-4-6-21(30)7-5-16)23(13-39(22)24(40)11-18)41-15(3)17-8-19(28(31,32)33)12-20(9-17)29(34,35)36/h4-9,12,14-15,18,22-23,25H,10-11,13H2,1-3H3/t15-,18?,22?,23+,25?/m1/s1. The molecule has 0 bridgehead atoms. The van der Waals surface area contributed by atoms with E-state index in [1.54, 1.807) is 4.90 Å². The molecule has 0 radical (unpaired) electrons. The maximum Gasteiger partial charge on any atom is 0.416 e. The van der Waals surface area contributed by atoms with Crippen molar-refractivity contribution in [1.29, 1.82) is 0 Å². The van der Waals surface area contributed by atoms with Gasteiger partial charge in [0.05, 0.1) is 23.3 Å². The van der Waals surface area contributed by atoms with Gasteiger partial charge in [0, 0.05) is 36.8 Å². The molecule has 0 saturated carbocycles. The Hall–Kier alpha value is -3.48. The van der Waals surface area contributed by atoms with Gasteiger partial charge in [0.15, 0.2) is 5.82 Å². The molecule has 3 aromatic rings. The summed E-state index contributed by atoms with van der Waals surface area (Å²) in [6.07, 6.45) is -11.5. The number of halogens is 7. The molecule has 2 aliphatic rings. The first-order valence-corrected chi connectivity index (χ1v) is 13.4. The molecule has 0 N–H and O–H groups in total. The number of benzene rings is 2. The largest absolute Gasteiger partial charge is 0.416 e. The van der Waals surface area contributed by atoms with Crippen LogP contribution in [0.15, 0.2) is 47.0 Å². The quantitative estimate of drug-likeness (QED) is 0.277. The fraction of sp³-hybridized carbons (Fsp3) is 0.483. The van der Waals surface area contributed by atoms with Crippen LogP contribution in [-0.4, -0.2) is 39.6 Å². The Morgan fingerprint density at radius 3 is 2.14 bits per heavy atom. The number of alkyl halides is 6. The molecule has 1 amide bonds. The van der Waals surface area contributed by atoms with E-state index in [1.807, 2.05) is 13.8 Å². The fourth-order valence-corrected chi connectivity index (χ4v) is 5.79. The monoisotopic (exact) mass is 599 g/mol. The van der Waals surface area contributed by atoms with Crippen molar-refractivity contribution < 1.29 is 44.8 Å². The van der Waals surface area contributed by atoms with Gasteiger partial charge in [0.25, 0.3) is 0 Å². The first kappa shape index (κ1) is 30.0. The van der Waals surface area contributed by atoms with Crippen LogP contribution >= 0.6 is 0 Å². The number of carbonyl (C=O) groups is 1. The van der Waals surface area contributed by atoms with Crippen LogP contribution in [0.1, 0.15) is 91.4 Å². The second-order valence-corrected chi connectivity index (χ2v) is 11.1. The molecule has 0 spiro atoms. The number of aromatic nitrogens is 2. The van der Waals surface area contributed by atoms with Crippen molar-refractivity contribution in [3.63, 3.8) is 0 Å². The van der Waals surface area contributed by atoms with Crippen molar-refractivity contribution in [3.05, 3.63) is 82.3 Å². The average molecular weight is 600 g/mol. The van der Waals surface area contributed by atoms with Gasteiger partial charge in [-0.25, -0.2) is 4.39 Å². The molecule has 1 aromatic heterocycles. The van der Waals surface area contributed by atoms with Gasteiger partial charge in [-0.05, 0) is 54.8 Å². The molecule has 3 heterocycles. The molecule has 0 aliphatic carbocycles. The molecule has 2 aliphatic heterocycles. The summed E-state index contributed by atoms with van der Waals surface area (Å²) in [5.74, 6) is -0.875. The Morgan fingerprint density at radius 2 is 1.60 bits per heavy atom. The summed E-state index contributed by atoms with van der Waals surface area (Å²) < 4.78 is 106. The van der Waals surface area contributed by atoms with Gasteiger partial charge < -0.3 is 14.2 Å². The summed E-state index contributed by atoms with van der Waals surface area (Å²) in [6, 6.07) is 6.43. The maximum absolute atomic E-state index is 13.8. The lowest BCUT2D eigenvalue weighted by Gasteiger charge is -2.35. The van der Waals surface area contributed by atoms with Gasteiger partial charge in [-0.15, -0.1) is 0 Å². The Balaban J connectivity index is 1.48. The summed E-state index contributed by atoms with van der Waals surface area (Å²) in [4.78, 5) is 19.4. The van der Waals surface area contributed by atoms with Crippen LogP contribution < -0.4 is 0 Å². The first-order chi connectivity index (χ1) is 19.6. The second-order valence-electron chi connectivity index (χ2n) is 11.1. The Labute approximate surface area is 236 Å². The summed E-state index contributed by atoms with van der Waals surface area (Å²) >= 11 is 0. The van der Waals surface area contributed by atoms with Crippen LogP contribution in [0.4, 0.5) is 30.7 Å². The molecule has 42 heavy (non-hydrogen) atoms. The van der Waals surface area contributed by atoms with E-state index in [4.69, 9.17) is 9.26 Å². The van der Waals surface area contributed by atoms with Gasteiger partial charge in [0.2, 0.25) is 11.8 Å². The Kier molecular flexibility index (Phi) is 7.84. The SMILES string of the molecule is CC(C)c1noc(C2CC(=O)N3C[C@H](O[C@H](C)c4cc(C(F)(F)F)cc(C(F)(F)F)c4)C(c4ccc(F)cc4)C3C2)n1. The predicted octanol–water partition coefficient (Wildman–Crippen LogP) is 7.39. The van der Waals surface area contributed by atoms with E-state index >= 15 is 0 Å². The van der Waals surface area contributed by atoms with Crippen LogP contribution in [0.2, 0.25) is 0 Å². The van der Waals surface area contributed by atoms with Crippen LogP contribution in [0.3, 0.4) is 0 Å². The van der Waals surface area contributed by atoms with Crippen LogP contribution in [-0.2, 0) is 21.9 Å². The number of ether oxygens (including phenoxy) is 1. The molecule has 13 heteroatoms. The Bertz CT molecular complexity index is 1400. The van der Waals surface area contributed by atoms with E-state index in [-0.39, 0.29) is 36.4 Å². The maximum atomic E-state index is 13.8. The number of piperidine rings is 1. The fourth-order valence-electron chi connectivity index (χ4n) is 5.79. The zero-order chi connectivity index (χ0) is 30.6. The number of rotatable bonds is 6. The average Bonchev–Trinajstić information content (AvgIpc) is 3.54. The van der Waals surface area contributed by atoms with Crippen molar-refractivity contribution >= 4 is 5.91 Å². The van der Waals surface area contributed by atoms with E-state index < -0.39 is 59.4 Å². The number of amides is 1. The molecular formula is C29H28F7N3O3. The number of fused-ring (bicyclic) bond motifs is 1. The molecule has 3 unspecified atom stereocenters. The molecule has 5 rings (SSSR count). The smallest absolute Gasteiger partial charge is 0.368 e. The molecule has 2 aromatic carbocycles. The van der Waals surface area contributed by atoms with Gasteiger partial charge in [-0.1, -0.05) is 31.1 Å². The van der Waals surface area contributed by atoms with Gasteiger partial charge >= 0.3 is 12.4 Å². The number of hydrogen-bond donors (Lipinski definition) is 0. The highest BCUT2D eigenvalue weighted by atomic mass is 19.4. The number of hydrogen-bond acceptors (Lipinski definition) is 5. The number of nitrogens with zero attached hydrogens (tertiary/aromatic N) is 3. The van der Waals surface area contributed by atoms with Crippen molar-refractivity contribution in [3.8, 4) is 0 Å². The number of carbonyl (C=O) groups excluding carboxylic acids is 1. The van der Waals surface area contributed by atoms with E-state index in [9.17, 15) is 35.5 Å². The molecule has 2 fully saturated rings. The minimum atomic E-state index is -5.01. The van der Waals surface area contributed by atoms with Crippen molar-refractivity contribution in [1.82, 2.24) is 15.0 Å². The zero-order valence-corrected chi connectivity index (χ0v) is 22.8. The minimum absolute atomic E-state index is 0.00436. The van der Waals surface area contributed by atoms with E-state index in [1.165, 1.54) is 31.2 Å². The van der Waals surface area contributed by atoms with E-state index in [2.05, 4.69) is 10.1 Å². The second kappa shape index (κ2) is 11.0. The lowest BCUT2D eigenvalue weighted by molar-refractivity contribution is -0.143. The molecule has 5 atom stereocenters. The van der Waals surface area contributed by atoms with Gasteiger partial charge in [0.1, 0.15) is 5.82 Å². The van der Waals surface area contributed by atoms with E-state index in [0.717, 1.165) is 0 Å². The summed E-state index contributed by atoms with van der Waals surface area (Å²) in [6.45, 7) is 5.21. The molecule has 6 nitrogen and oxygen atoms in total. The summed E-state index contributed by atoms with van der Waals surface area (Å²) in [5, 5.41) is 3.99. The third kappa shape index (κ3) is 6.02. The van der Waals surface area contributed by atoms with Crippen LogP contribution in [0.5, 0.6) is 0 Å². The lowest BCUT2D eigenvalue weighted by Crippen LogP contribution is -2.43. The summed E-state index contributed by atoms with van der Waals surface area (Å²) in [5.41, 5.74) is -2.58. The highest BCUT2D eigenvalue weighted by molar-refractivity contribution is 5.79. The van der Waals surface area contributed by atoms with Crippen molar-refractivity contribution in [2.75, 3.05) is 6.54 Å². The first-order valence-electron chi connectivity index (χ1n) is 13.4. The highest BCUT2D eigenvalue weighted by Crippen LogP contribution is 2.46. The third-order valence-corrected chi connectivity index (χ3v) is 7.90. The van der Waals surface area contributed by atoms with Crippen LogP contribution in [0.25, 0.3) is 0 Å². The normalized spacial score (nSPS) is 23.9. The zero-order valence-electron chi connectivity index (χ0n) is 22.8. The molecule has 226 valence electrons. The van der Waals surface area contributed by atoms with Gasteiger partial charge in [-0.3, -0.25) is 4.79 Å². The van der Waals surface area contributed by atoms with Crippen molar-refractivity contribution in [2.45, 2.75) is 82.0 Å². The lowest BCUT2D eigenvalue weighted by atomic mass is 9.81. The van der Waals surface area contributed by atoms with Crippen molar-refractivity contribution in [2.24, 2.45) is 0 Å². The van der Waals surface area contributed by atoms with Gasteiger partial charge in [-0.2, -0.15) is 31.3 Å². The predicted molar refractivity (Wildman–Crippen MR) is 135 cm³/mol. The van der Waals surface area contributed by atoms with E-state index in [0.29, 0.717) is 35.8 Å². The molecular weight excluding hydrogens is 571 g/mol. The highest BCUT2D eigenvalue weighted by Gasteiger charge is 2.50. The summed E-state index contributed by atoms with van der Waals surface area (Å²) in [7, 11) is 0. The minimum Gasteiger partial charge on any atom is -0.368 e. The third-order valence-electron chi connectivity index (χ3n) is 7.90. The van der Waals surface area contributed by atoms with Crippen LogP contribution in [0, 0.1) is 5.82 Å². The Morgan fingerprint density at radius 1 is 0.976 bits per heavy atom.